The van der Waals surface area contributed by atoms with Gasteiger partial charge < -0.3 is 9.73 Å². The van der Waals surface area contributed by atoms with E-state index in [0.717, 1.165) is 38.9 Å². The lowest BCUT2D eigenvalue weighted by atomic mass is 9.90. The van der Waals surface area contributed by atoms with Gasteiger partial charge in [-0.25, -0.2) is 9.37 Å². The number of amides is 1. The molecule has 4 aromatic rings. The number of aromatic nitrogens is 1. The van der Waals surface area contributed by atoms with Crippen molar-refractivity contribution in [1.82, 2.24) is 10.3 Å². The van der Waals surface area contributed by atoms with Crippen LogP contribution in [0.3, 0.4) is 0 Å². The molecule has 5 rings (SSSR count). The fourth-order valence-electron chi connectivity index (χ4n) is 3.41. The fraction of sp³-hybridized carbons (Fsp3) is 0.0476. The summed E-state index contributed by atoms with van der Waals surface area (Å²) < 4.78 is 18.7. The first kappa shape index (κ1) is 14.8. The Balaban J connectivity index is 1.77. The van der Waals surface area contributed by atoms with Gasteiger partial charge in [-0.3, -0.25) is 4.79 Å². The quantitative estimate of drug-likeness (QED) is 0.581. The van der Waals surface area contributed by atoms with Crippen LogP contribution in [0.25, 0.3) is 33.4 Å². The first-order chi connectivity index (χ1) is 12.7. The van der Waals surface area contributed by atoms with Gasteiger partial charge in [0.05, 0.1) is 0 Å². The molecular formula is C21H13FN2O2. The minimum absolute atomic E-state index is 0.0816. The molecule has 5 heteroatoms. The van der Waals surface area contributed by atoms with Gasteiger partial charge in [-0.2, -0.15) is 0 Å². The molecule has 3 aromatic carbocycles. The SMILES string of the molecule is O=C1NCc2cc(-c3ccc4ocnc4c3)c(-c3ccc(F)cc3)cc21. The highest BCUT2D eigenvalue weighted by Crippen LogP contribution is 2.37. The maximum absolute atomic E-state index is 13.4. The number of nitrogens with one attached hydrogen (secondary N) is 1. The number of carbonyl (C=O) groups is 1. The number of oxazole rings is 1. The molecule has 1 N–H and O–H groups in total. The van der Waals surface area contributed by atoms with Crippen LogP contribution < -0.4 is 5.32 Å². The van der Waals surface area contributed by atoms with Gasteiger partial charge in [-0.15, -0.1) is 0 Å². The van der Waals surface area contributed by atoms with E-state index in [1.54, 1.807) is 12.1 Å². The molecule has 0 atom stereocenters. The van der Waals surface area contributed by atoms with Gasteiger partial charge in [0.15, 0.2) is 12.0 Å². The van der Waals surface area contributed by atoms with E-state index < -0.39 is 0 Å². The molecule has 0 radical (unpaired) electrons. The summed E-state index contributed by atoms with van der Waals surface area (Å²) in [5, 5.41) is 2.85. The van der Waals surface area contributed by atoms with Crippen LogP contribution in [0.5, 0.6) is 0 Å². The van der Waals surface area contributed by atoms with Crippen LogP contribution in [0.2, 0.25) is 0 Å². The number of hydrogen-bond acceptors (Lipinski definition) is 3. The number of rotatable bonds is 2. The second kappa shape index (κ2) is 5.52. The number of halogens is 1. The molecule has 0 aliphatic carbocycles. The highest BCUT2D eigenvalue weighted by Gasteiger charge is 2.22. The summed E-state index contributed by atoms with van der Waals surface area (Å²) in [7, 11) is 0. The smallest absolute Gasteiger partial charge is 0.251 e. The van der Waals surface area contributed by atoms with Gasteiger partial charge in [-0.05, 0) is 64.2 Å². The standard InChI is InChI=1S/C21H13FN2O2/c22-15-4-1-12(2-5-15)17-9-18-14(10-23-21(18)25)7-16(17)13-3-6-20-19(8-13)24-11-26-20/h1-9,11H,10H2,(H,23,25). The molecule has 0 fully saturated rings. The van der Waals surface area contributed by atoms with Crippen LogP contribution in [0.1, 0.15) is 15.9 Å². The molecular weight excluding hydrogens is 331 g/mol. The Bertz CT molecular complexity index is 1160. The lowest BCUT2D eigenvalue weighted by molar-refractivity contribution is 0.0966. The van der Waals surface area contributed by atoms with E-state index in [1.165, 1.54) is 18.5 Å². The molecule has 26 heavy (non-hydrogen) atoms. The van der Waals surface area contributed by atoms with Crippen LogP contribution >= 0.6 is 0 Å². The van der Waals surface area contributed by atoms with Crippen molar-refractivity contribution in [2.24, 2.45) is 0 Å². The van der Waals surface area contributed by atoms with Crippen LogP contribution in [0.15, 0.2) is 65.4 Å². The van der Waals surface area contributed by atoms with Crippen molar-refractivity contribution in [3.8, 4) is 22.3 Å². The van der Waals surface area contributed by atoms with Crippen molar-refractivity contribution >= 4 is 17.0 Å². The molecule has 4 nitrogen and oxygen atoms in total. The third-order valence-corrected chi connectivity index (χ3v) is 4.72. The van der Waals surface area contributed by atoms with Crippen LogP contribution in [0.4, 0.5) is 4.39 Å². The Morgan fingerprint density at radius 1 is 0.923 bits per heavy atom. The zero-order valence-corrected chi connectivity index (χ0v) is 13.6. The summed E-state index contributed by atoms with van der Waals surface area (Å²) in [6.07, 6.45) is 1.42. The molecule has 2 heterocycles. The second-order valence-electron chi connectivity index (χ2n) is 6.28. The molecule has 1 aliphatic heterocycles. The van der Waals surface area contributed by atoms with Crippen LogP contribution in [-0.4, -0.2) is 10.9 Å². The Morgan fingerprint density at radius 2 is 1.69 bits per heavy atom. The molecule has 0 saturated heterocycles. The zero-order chi connectivity index (χ0) is 17.7. The van der Waals surface area contributed by atoms with Crippen molar-refractivity contribution in [3.05, 3.63) is 77.9 Å². The molecule has 0 spiro atoms. The van der Waals surface area contributed by atoms with Gasteiger partial charge in [0.25, 0.3) is 5.91 Å². The van der Waals surface area contributed by atoms with E-state index in [9.17, 15) is 9.18 Å². The third-order valence-electron chi connectivity index (χ3n) is 4.72. The zero-order valence-electron chi connectivity index (χ0n) is 13.6. The summed E-state index contributed by atoms with van der Waals surface area (Å²) in [5.41, 5.74) is 6.77. The van der Waals surface area contributed by atoms with Gasteiger partial charge in [0.2, 0.25) is 0 Å². The summed E-state index contributed by atoms with van der Waals surface area (Å²) >= 11 is 0. The van der Waals surface area contributed by atoms with Crippen molar-refractivity contribution in [2.45, 2.75) is 6.54 Å². The number of benzene rings is 3. The van der Waals surface area contributed by atoms with Gasteiger partial charge >= 0.3 is 0 Å². The molecule has 0 saturated carbocycles. The van der Waals surface area contributed by atoms with Gasteiger partial charge in [0, 0.05) is 12.1 Å². The molecule has 0 bridgehead atoms. The lowest BCUT2D eigenvalue weighted by Crippen LogP contribution is -2.12. The fourth-order valence-corrected chi connectivity index (χ4v) is 3.41. The molecule has 1 amide bonds. The summed E-state index contributed by atoms with van der Waals surface area (Å²) in [4.78, 5) is 16.3. The third kappa shape index (κ3) is 2.29. The minimum atomic E-state index is -0.293. The monoisotopic (exact) mass is 344 g/mol. The highest BCUT2D eigenvalue weighted by molar-refractivity contribution is 6.02. The highest BCUT2D eigenvalue weighted by atomic mass is 19.1. The maximum atomic E-state index is 13.4. The Kier molecular flexibility index (Phi) is 3.15. The first-order valence-corrected chi connectivity index (χ1v) is 8.24. The van der Waals surface area contributed by atoms with E-state index in [1.807, 2.05) is 30.3 Å². The first-order valence-electron chi connectivity index (χ1n) is 8.24. The Labute approximate surface area is 148 Å². The van der Waals surface area contributed by atoms with Crippen molar-refractivity contribution in [2.75, 3.05) is 0 Å². The minimum Gasteiger partial charge on any atom is -0.443 e. The van der Waals surface area contributed by atoms with Gasteiger partial charge in [-0.1, -0.05) is 18.2 Å². The number of fused-ring (bicyclic) bond motifs is 2. The van der Waals surface area contributed by atoms with E-state index in [0.29, 0.717) is 12.1 Å². The van der Waals surface area contributed by atoms with Crippen molar-refractivity contribution in [3.63, 3.8) is 0 Å². The average Bonchev–Trinajstić information content (AvgIpc) is 3.27. The maximum Gasteiger partial charge on any atom is 0.251 e. The second-order valence-corrected chi connectivity index (χ2v) is 6.28. The molecule has 1 aliphatic rings. The van der Waals surface area contributed by atoms with Crippen LogP contribution in [0, 0.1) is 5.82 Å². The Morgan fingerprint density at radius 3 is 2.54 bits per heavy atom. The number of hydrogen-bond donors (Lipinski definition) is 1. The van der Waals surface area contributed by atoms with E-state index in [-0.39, 0.29) is 11.7 Å². The van der Waals surface area contributed by atoms with Crippen molar-refractivity contribution < 1.29 is 13.6 Å². The summed E-state index contributed by atoms with van der Waals surface area (Å²) in [6, 6.07) is 16.0. The summed E-state index contributed by atoms with van der Waals surface area (Å²) in [6.45, 7) is 0.511. The normalized spacial score (nSPS) is 13.0. The van der Waals surface area contributed by atoms with Crippen molar-refractivity contribution in [1.29, 1.82) is 0 Å². The van der Waals surface area contributed by atoms with Crippen LogP contribution in [-0.2, 0) is 6.54 Å². The van der Waals surface area contributed by atoms with E-state index in [4.69, 9.17) is 4.42 Å². The predicted octanol–water partition coefficient (Wildman–Crippen LogP) is 4.54. The summed E-state index contributed by atoms with van der Waals surface area (Å²) in [5.74, 6) is -0.375. The Hall–Kier alpha value is -3.47. The molecule has 0 unspecified atom stereocenters. The number of carbonyl (C=O) groups excluding carboxylic acids is 1. The average molecular weight is 344 g/mol. The van der Waals surface area contributed by atoms with Gasteiger partial charge in [0.1, 0.15) is 11.3 Å². The molecule has 1 aromatic heterocycles. The predicted molar refractivity (Wildman–Crippen MR) is 96.0 cm³/mol. The van der Waals surface area contributed by atoms with E-state index >= 15 is 0 Å². The number of nitrogens with zero attached hydrogens (tertiary/aromatic N) is 1. The van der Waals surface area contributed by atoms with E-state index in [2.05, 4.69) is 10.3 Å². The molecule has 126 valence electrons. The largest absolute Gasteiger partial charge is 0.443 e. The topological polar surface area (TPSA) is 55.1 Å². The lowest BCUT2D eigenvalue weighted by Gasteiger charge is -2.13.